The minimum atomic E-state index is -0.455. The highest BCUT2D eigenvalue weighted by atomic mass is 16.4. The average Bonchev–Trinajstić information content (AvgIpc) is 2.51. The molecule has 2 aromatic carbocycles. The SMILES string of the molecule is CC(=O)Nc1cccc2c(C)c(-c3ccccc3)oc(=O)c12. The van der Waals surface area contributed by atoms with Crippen LogP contribution in [0.1, 0.15) is 12.5 Å². The maximum absolute atomic E-state index is 12.4. The minimum Gasteiger partial charge on any atom is -0.422 e. The van der Waals surface area contributed by atoms with Crippen LogP contribution in [-0.2, 0) is 4.79 Å². The monoisotopic (exact) mass is 293 g/mol. The van der Waals surface area contributed by atoms with E-state index in [2.05, 4.69) is 5.32 Å². The molecule has 4 heteroatoms. The van der Waals surface area contributed by atoms with Gasteiger partial charge in [-0.05, 0) is 18.4 Å². The number of amides is 1. The van der Waals surface area contributed by atoms with Crippen LogP contribution in [0.3, 0.4) is 0 Å². The Hall–Kier alpha value is -2.88. The van der Waals surface area contributed by atoms with Crippen molar-refractivity contribution in [3.8, 4) is 11.3 Å². The fourth-order valence-electron chi connectivity index (χ4n) is 2.59. The number of benzene rings is 2. The van der Waals surface area contributed by atoms with Crippen molar-refractivity contribution in [3.05, 3.63) is 64.5 Å². The first-order chi connectivity index (χ1) is 10.6. The van der Waals surface area contributed by atoms with E-state index in [1.807, 2.05) is 49.4 Å². The summed E-state index contributed by atoms with van der Waals surface area (Å²) in [5.74, 6) is 0.328. The second kappa shape index (κ2) is 5.48. The summed E-state index contributed by atoms with van der Waals surface area (Å²) in [6.45, 7) is 3.32. The summed E-state index contributed by atoms with van der Waals surface area (Å²) in [7, 11) is 0. The van der Waals surface area contributed by atoms with Crippen molar-refractivity contribution >= 4 is 22.4 Å². The van der Waals surface area contributed by atoms with Crippen LogP contribution in [0.25, 0.3) is 22.1 Å². The third-order valence-corrected chi connectivity index (χ3v) is 3.55. The Kier molecular flexibility index (Phi) is 3.51. The topological polar surface area (TPSA) is 59.3 Å². The molecular formula is C18H15NO3. The Labute approximate surface area is 127 Å². The van der Waals surface area contributed by atoms with E-state index < -0.39 is 5.63 Å². The molecule has 3 rings (SSSR count). The lowest BCUT2D eigenvalue weighted by molar-refractivity contribution is -0.114. The van der Waals surface area contributed by atoms with Gasteiger partial charge in [0.2, 0.25) is 5.91 Å². The largest absolute Gasteiger partial charge is 0.422 e. The van der Waals surface area contributed by atoms with E-state index in [4.69, 9.17) is 4.42 Å². The molecule has 0 atom stereocenters. The van der Waals surface area contributed by atoms with E-state index in [0.29, 0.717) is 16.8 Å². The zero-order valence-electron chi connectivity index (χ0n) is 12.3. The summed E-state index contributed by atoms with van der Waals surface area (Å²) in [5.41, 5.74) is 1.74. The van der Waals surface area contributed by atoms with Crippen LogP contribution in [0.2, 0.25) is 0 Å². The highest BCUT2D eigenvalue weighted by molar-refractivity contribution is 6.02. The van der Waals surface area contributed by atoms with Crippen molar-refractivity contribution in [1.29, 1.82) is 0 Å². The minimum absolute atomic E-state index is 0.225. The van der Waals surface area contributed by atoms with Crippen LogP contribution in [-0.4, -0.2) is 5.91 Å². The molecule has 1 amide bonds. The van der Waals surface area contributed by atoms with Crippen LogP contribution in [0.4, 0.5) is 5.69 Å². The lowest BCUT2D eigenvalue weighted by Crippen LogP contribution is -2.11. The molecule has 1 heterocycles. The van der Waals surface area contributed by atoms with Crippen molar-refractivity contribution in [3.63, 3.8) is 0 Å². The fraction of sp³-hybridized carbons (Fsp3) is 0.111. The molecule has 0 radical (unpaired) electrons. The van der Waals surface area contributed by atoms with E-state index in [9.17, 15) is 9.59 Å². The molecule has 1 N–H and O–H groups in total. The zero-order valence-corrected chi connectivity index (χ0v) is 12.3. The second-order valence-electron chi connectivity index (χ2n) is 5.12. The van der Waals surface area contributed by atoms with Crippen LogP contribution >= 0.6 is 0 Å². The first-order valence-corrected chi connectivity index (χ1v) is 6.97. The van der Waals surface area contributed by atoms with Crippen molar-refractivity contribution in [2.45, 2.75) is 13.8 Å². The summed E-state index contributed by atoms with van der Waals surface area (Å²) in [6, 6.07) is 14.9. The summed E-state index contributed by atoms with van der Waals surface area (Å²) >= 11 is 0. The number of carbonyl (C=O) groups is 1. The van der Waals surface area contributed by atoms with E-state index in [1.165, 1.54) is 6.92 Å². The molecule has 0 aliphatic rings. The summed E-state index contributed by atoms with van der Waals surface area (Å²) in [6.07, 6.45) is 0. The number of nitrogens with one attached hydrogen (secondary N) is 1. The van der Waals surface area contributed by atoms with Gasteiger partial charge in [-0.3, -0.25) is 4.79 Å². The van der Waals surface area contributed by atoms with Gasteiger partial charge >= 0.3 is 5.63 Å². The third kappa shape index (κ3) is 2.39. The molecule has 0 spiro atoms. The van der Waals surface area contributed by atoms with E-state index in [-0.39, 0.29) is 5.91 Å². The lowest BCUT2D eigenvalue weighted by atomic mass is 10.0. The quantitative estimate of drug-likeness (QED) is 0.783. The highest BCUT2D eigenvalue weighted by Crippen LogP contribution is 2.30. The zero-order chi connectivity index (χ0) is 15.7. The molecule has 0 saturated carbocycles. The van der Waals surface area contributed by atoms with Crippen molar-refractivity contribution in [1.82, 2.24) is 0 Å². The van der Waals surface area contributed by atoms with E-state index >= 15 is 0 Å². The molecule has 0 aliphatic heterocycles. The van der Waals surface area contributed by atoms with Crippen LogP contribution in [0, 0.1) is 6.92 Å². The lowest BCUT2D eigenvalue weighted by Gasteiger charge is -2.11. The maximum atomic E-state index is 12.4. The number of rotatable bonds is 2. The Bertz CT molecular complexity index is 911. The Morgan fingerprint density at radius 1 is 1.05 bits per heavy atom. The van der Waals surface area contributed by atoms with Crippen molar-refractivity contribution < 1.29 is 9.21 Å². The number of fused-ring (bicyclic) bond motifs is 1. The van der Waals surface area contributed by atoms with Crippen LogP contribution < -0.4 is 10.9 Å². The van der Waals surface area contributed by atoms with Gasteiger partial charge < -0.3 is 9.73 Å². The van der Waals surface area contributed by atoms with Gasteiger partial charge in [0.1, 0.15) is 5.76 Å². The molecule has 3 aromatic rings. The van der Waals surface area contributed by atoms with E-state index in [1.54, 1.807) is 6.07 Å². The fourth-order valence-corrected chi connectivity index (χ4v) is 2.59. The molecule has 22 heavy (non-hydrogen) atoms. The summed E-state index contributed by atoms with van der Waals surface area (Å²) in [4.78, 5) is 23.7. The first kappa shape index (κ1) is 14.1. The maximum Gasteiger partial charge on any atom is 0.346 e. The summed E-state index contributed by atoms with van der Waals surface area (Å²) in [5, 5.41) is 3.85. The Morgan fingerprint density at radius 2 is 1.77 bits per heavy atom. The molecule has 0 fully saturated rings. The predicted molar refractivity (Wildman–Crippen MR) is 87.0 cm³/mol. The average molecular weight is 293 g/mol. The molecule has 0 bridgehead atoms. The van der Waals surface area contributed by atoms with Gasteiger partial charge in [-0.25, -0.2) is 4.79 Å². The van der Waals surface area contributed by atoms with Gasteiger partial charge in [0.15, 0.2) is 0 Å². The van der Waals surface area contributed by atoms with Gasteiger partial charge in [-0.15, -0.1) is 0 Å². The Balaban J connectivity index is 2.32. The number of aryl methyl sites for hydroxylation is 1. The first-order valence-electron chi connectivity index (χ1n) is 6.97. The molecule has 0 saturated heterocycles. The van der Waals surface area contributed by atoms with Gasteiger partial charge in [0, 0.05) is 18.1 Å². The number of anilines is 1. The normalized spacial score (nSPS) is 10.6. The van der Waals surface area contributed by atoms with Gasteiger partial charge in [-0.1, -0.05) is 42.5 Å². The van der Waals surface area contributed by atoms with Crippen molar-refractivity contribution in [2.75, 3.05) is 5.32 Å². The van der Waals surface area contributed by atoms with Gasteiger partial charge in [-0.2, -0.15) is 0 Å². The molecule has 110 valence electrons. The molecule has 4 nitrogen and oxygen atoms in total. The smallest absolute Gasteiger partial charge is 0.346 e. The second-order valence-corrected chi connectivity index (χ2v) is 5.12. The number of hydrogen-bond donors (Lipinski definition) is 1. The molecule has 1 aromatic heterocycles. The Morgan fingerprint density at radius 3 is 2.45 bits per heavy atom. The predicted octanol–water partition coefficient (Wildman–Crippen LogP) is 3.73. The van der Waals surface area contributed by atoms with Crippen LogP contribution in [0.5, 0.6) is 0 Å². The van der Waals surface area contributed by atoms with Crippen LogP contribution in [0.15, 0.2) is 57.7 Å². The highest BCUT2D eigenvalue weighted by Gasteiger charge is 2.15. The van der Waals surface area contributed by atoms with Gasteiger partial charge in [0.05, 0.1) is 11.1 Å². The van der Waals surface area contributed by atoms with E-state index in [0.717, 1.165) is 16.5 Å². The number of carbonyl (C=O) groups excluding carboxylic acids is 1. The molecular weight excluding hydrogens is 278 g/mol. The molecule has 0 aliphatic carbocycles. The van der Waals surface area contributed by atoms with Gasteiger partial charge in [0.25, 0.3) is 0 Å². The molecule has 0 unspecified atom stereocenters. The summed E-state index contributed by atoms with van der Waals surface area (Å²) < 4.78 is 5.52. The third-order valence-electron chi connectivity index (χ3n) is 3.55. The standard InChI is InChI=1S/C18H15NO3/c1-11-14-9-6-10-15(19-12(2)20)16(14)18(21)22-17(11)13-7-4-3-5-8-13/h3-10H,1-2H3,(H,19,20). The number of hydrogen-bond acceptors (Lipinski definition) is 3. The van der Waals surface area contributed by atoms with Crippen molar-refractivity contribution in [2.24, 2.45) is 0 Å².